The Morgan fingerprint density at radius 1 is 1.17 bits per heavy atom. The molecule has 2 aromatic carbocycles. The molecule has 0 unspecified atom stereocenters. The van der Waals surface area contributed by atoms with Crippen LogP contribution in [0.5, 0.6) is 11.5 Å². The molecule has 0 saturated heterocycles. The molecule has 0 fully saturated rings. The van der Waals surface area contributed by atoms with E-state index in [9.17, 15) is 14.7 Å². The zero-order valence-electron chi connectivity index (χ0n) is 17.8. The Kier molecular flexibility index (Phi) is 7.72. The van der Waals surface area contributed by atoms with E-state index in [1.54, 1.807) is 24.3 Å². The third-order valence-electron chi connectivity index (χ3n) is 4.19. The third-order valence-corrected chi connectivity index (χ3v) is 4.93. The van der Waals surface area contributed by atoms with Gasteiger partial charge in [-0.1, -0.05) is 22.0 Å². The Balaban J connectivity index is 2.26. The van der Waals surface area contributed by atoms with Crippen molar-refractivity contribution in [2.45, 2.75) is 39.8 Å². The number of hydrogen-bond donors (Lipinski definition) is 3. The van der Waals surface area contributed by atoms with Gasteiger partial charge in [0.15, 0.2) is 18.1 Å². The summed E-state index contributed by atoms with van der Waals surface area (Å²) in [5.74, 6) is -0.298. The number of halogens is 1. The minimum absolute atomic E-state index is 0.162. The standard InChI is InChI=1S/C22H27BrN2O5/c1-13-6-7-14(21(27)28)10-17(13)24-11-15-16(23)8-9-18(29-5)20(15)30-12-19(26)25-22(2,3)4/h6-10,24H,11-12H2,1-5H3,(H,25,26)(H,27,28). The van der Waals surface area contributed by atoms with E-state index in [4.69, 9.17) is 9.47 Å². The number of rotatable bonds is 8. The molecule has 0 atom stereocenters. The third kappa shape index (κ3) is 6.38. The maximum absolute atomic E-state index is 12.2. The molecule has 0 spiro atoms. The van der Waals surface area contributed by atoms with E-state index in [2.05, 4.69) is 26.6 Å². The molecule has 0 aromatic heterocycles. The van der Waals surface area contributed by atoms with Gasteiger partial charge in [-0.3, -0.25) is 4.79 Å². The van der Waals surface area contributed by atoms with Crippen LogP contribution in [0, 0.1) is 6.92 Å². The lowest BCUT2D eigenvalue weighted by molar-refractivity contribution is -0.124. The van der Waals surface area contributed by atoms with Gasteiger partial charge in [0.2, 0.25) is 0 Å². The van der Waals surface area contributed by atoms with E-state index in [0.717, 1.165) is 15.6 Å². The van der Waals surface area contributed by atoms with Crippen molar-refractivity contribution >= 4 is 33.5 Å². The molecule has 1 amide bonds. The number of aromatic carboxylic acids is 1. The van der Waals surface area contributed by atoms with Crippen molar-refractivity contribution in [1.82, 2.24) is 5.32 Å². The van der Waals surface area contributed by atoms with Crippen LogP contribution in [0.1, 0.15) is 42.3 Å². The summed E-state index contributed by atoms with van der Waals surface area (Å²) in [5, 5.41) is 15.3. The SMILES string of the molecule is COc1ccc(Br)c(CNc2cc(C(=O)O)ccc2C)c1OCC(=O)NC(C)(C)C. The van der Waals surface area contributed by atoms with Crippen molar-refractivity contribution in [3.05, 3.63) is 51.5 Å². The molecular weight excluding hydrogens is 452 g/mol. The normalized spacial score (nSPS) is 11.0. The number of nitrogens with one attached hydrogen (secondary N) is 2. The van der Waals surface area contributed by atoms with Crippen molar-refractivity contribution in [1.29, 1.82) is 0 Å². The molecule has 162 valence electrons. The molecule has 0 saturated carbocycles. The first-order chi connectivity index (χ1) is 14.0. The number of carbonyl (C=O) groups is 2. The van der Waals surface area contributed by atoms with Gasteiger partial charge in [-0.2, -0.15) is 0 Å². The highest BCUT2D eigenvalue weighted by atomic mass is 79.9. The molecule has 3 N–H and O–H groups in total. The van der Waals surface area contributed by atoms with Gasteiger partial charge in [-0.05, 0) is 57.5 Å². The molecule has 30 heavy (non-hydrogen) atoms. The van der Waals surface area contributed by atoms with Crippen molar-refractivity contribution in [2.75, 3.05) is 19.0 Å². The van der Waals surface area contributed by atoms with Gasteiger partial charge in [0.1, 0.15) is 0 Å². The minimum atomic E-state index is -0.991. The first-order valence-corrected chi connectivity index (χ1v) is 10.2. The lowest BCUT2D eigenvalue weighted by atomic mass is 10.1. The average molecular weight is 479 g/mol. The van der Waals surface area contributed by atoms with Gasteiger partial charge >= 0.3 is 5.97 Å². The predicted molar refractivity (Wildman–Crippen MR) is 120 cm³/mol. The summed E-state index contributed by atoms with van der Waals surface area (Å²) >= 11 is 3.53. The predicted octanol–water partition coefficient (Wildman–Crippen LogP) is 4.37. The van der Waals surface area contributed by atoms with Crippen LogP contribution in [0.3, 0.4) is 0 Å². The molecule has 2 aromatic rings. The van der Waals surface area contributed by atoms with Gasteiger partial charge in [0.25, 0.3) is 5.91 Å². The molecule has 7 nitrogen and oxygen atoms in total. The molecule has 0 aliphatic heterocycles. The first kappa shape index (κ1) is 23.5. The molecule has 0 heterocycles. The number of anilines is 1. The van der Waals surface area contributed by atoms with E-state index < -0.39 is 5.97 Å². The molecular formula is C22H27BrN2O5. The number of amides is 1. The Morgan fingerprint density at radius 2 is 1.87 bits per heavy atom. The number of hydrogen-bond acceptors (Lipinski definition) is 5. The van der Waals surface area contributed by atoms with Gasteiger partial charge in [-0.25, -0.2) is 4.79 Å². The second-order valence-corrected chi connectivity index (χ2v) is 8.69. The smallest absolute Gasteiger partial charge is 0.335 e. The molecule has 8 heteroatoms. The number of benzene rings is 2. The number of ether oxygens (including phenoxy) is 2. The van der Waals surface area contributed by atoms with E-state index in [1.807, 2.05) is 33.8 Å². The fourth-order valence-electron chi connectivity index (χ4n) is 2.79. The highest BCUT2D eigenvalue weighted by molar-refractivity contribution is 9.10. The number of carboxylic acid groups (broad SMARTS) is 1. The van der Waals surface area contributed by atoms with Crippen LogP contribution < -0.4 is 20.1 Å². The summed E-state index contributed by atoms with van der Waals surface area (Å²) in [5.41, 5.74) is 2.19. The summed E-state index contributed by atoms with van der Waals surface area (Å²) in [6.07, 6.45) is 0. The summed E-state index contributed by atoms with van der Waals surface area (Å²) in [6.45, 7) is 7.75. The molecule has 2 rings (SSSR count). The Labute approximate surface area is 184 Å². The highest BCUT2D eigenvalue weighted by Gasteiger charge is 2.19. The van der Waals surface area contributed by atoms with Crippen LogP contribution in [0.2, 0.25) is 0 Å². The molecule has 0 radical (unpaired) electrons. The second-order valence-electron chi connectivity index (χ2n) is 7.83. The fraction of sp³-hybridized carbons (Fsp3) is 0.364. The van der Waals surface area contributed by atoms with Crippen molar-refractivity contribution < 1.29 is 24.2 Å². The number of carboxylic acids is 1. The fourth-order valence-corrected chi connectivity index (χ4v) is 3.24. The van der Waals surface area contributed by atoms with Crippen LogP contribution in [0.15, 0.2) is 34.8 Å². The Hall–Kier alpha value is -2.74. The van der Waals surface area contributed by atoms with Crippen LogP contribution >= 0.6 is 15.9 Å². The monoisotopic (exact) mass is 478 g/mol. The zero-order chi connectivity index (χ0) is 22.5. The maximum Gasteiger partial charge on any atom is 0.335 e. The van der Waals surface area contributed by atoms with Crippen molar-refractivity contribution in [3.8, 4) is 11.5 Å². The number of methoxy groups -OCH3 is 1. The molecule has 0 aliphatic carbocycles. The lowest BCUT2D eigenvalue weighted by Gasteiger charge is -2.22. The second kappa shape index (κ2) is 9.84. The lowest BCUT2D eigenvalue weighted by Crippen LogP contribution is -2.43. The van der Waals surface area contributed by atoms with Crippen LogP contribution in [0.25, 0.3) is 0 Å². The van der Waals surface area contributed by atoms with Gasteiger partial charge in [0, 0.05) is 27.8 Å². The van der Waals surface area contributed by atoms with E-state index in [1.165, 1.54) is 7.11 Å². The van der Waals surface area contributed by atoms with E-state index in [0.29, 0.717) is 23.7 Å². The maximum atomic E-state index is 12.2. The van der Waals surface area contributed by atoms with E-state index in [-0.39, 0.29) is 23.6 Å². The van der Waals surface area contributed by atoms with Gasteiger partial charge in [-0.15, -0.1) is 0 Å². The Morgan fingerprint density at radius 3 is 2.47 bits per heavy atom. The quantitative estimate of drug-likeness (QED) is 0.521. The highest BCUT2D eigenvalue weighted by Crippen LogP contribution is 2.37. The van der Waals surface area contributed by atoms with Crippen molar-refractivity contribution in [2.24, 2.45) is 0 Å². The molecule has 0 bridgehead atoms. The first-order valence-electron chi connectivity index (χ1n) is 9.39. The van der Waals surface area contributed by atoms with Gasteiger partial charge < -0.3 is 25.2 Å². The van der Waals surface area contributed by atoms with Crippen molar-refractivity contribution in [3.63, 3.8) is 0 Å². The minimum Gasteiger partial charge on any atom is -0.493 e. The number of carbonyl (C=O) groups excluding carboxylic acids is 1. The molecule has 0 aliphatic rings. The summed E-state index contributed by atoms with van der Waals surface area (Å²) < 4.78 is 12.0. The summed E-state index contributed by atoms with van der Waals surface area (Å²) in [6, 6.07) is 8.48. The van der Waals surface area contributed by atoms with Gasteiger partial charge in [0.05, 0.1) is 12.7 Å². The summed E-state index contributed by atoms with van der Waals surface area (Å²) in [7, 11) is 1.53. The van der Waals surface area contributed by atoms with E-state index >= 15 is 0 Å². The number of aryl methyl sites for hydroxylation is 1. The largest absolute Gasteiger partial charge is 0.493 e. The summed E-state index contributed by atoms with van der Waals surface area (Å²) in [4.78, 5) is 23.5. The van der Waals surface area contributed by atoms with Crippen LogP contribution in [-0.4, -0.2) is 36.2 Å². The Bertz CT molecular complexity index is 938. The zero-order valence-corrected chi connectivity index (χ0v) is 19.3. The topological polar surface area (TPSA) is 96.9 Å². The van der Waals surface area contributed by atoms with Crippen LogP contribution in [-0.2, 0) is 11.3 Å². The average Bonchev–Trinajstić information content (AvgIpc) is 2.65. The van der Waals surface area contributed by atoms with Crippen LogP contribution in [0.4, 0.5) is 5.69 Å².